The number of hydrogen-bond acceptors (Lipinski definition) is 3. The van der Waals surface area contributed by atoms with E-state index in [1.165, 1.54) is 4.90 Å². The molecule has 1 aliphatic heterocycles. The molecule has 2 N–H and O–H groups in total. The normalized spacial score (nSPS) is 23.2. The molecule has 0 aromatic heterocycles. The number of carboxylic acids is 1. The van der Waals surface area contributed by atoms with Gasteiger partial charge in [-0.25, -0.2) is 9.59 Å². The minimum atomic E-state index is -1.01. The highest BCUT2D eigenvalue weighted by molar-refractivity contribution is 5.87. The Balaban J connectivity index is 2.80. The smallest absolute Gasteiger partial charge is 0.329 e. The van der Waals surface area contributed by atoms with Crippen molar-refractivity contribution in [3.8, 4) is 0 Å². The number of hydrogen-bond donors (Lipinski definition) is 2. The predicted octanol–water partition coefficient (Wildman–Crippen LogP) is 0.587. The molecule has 1 rings (SSSR count). The van der Waals surface area contributed by atoms with E-state index in [-0.39, 0.29) is 6.03 Å². The number of rotatable bonds is 5. The van der Waals surface area contributed by atoms with E-state index in [0.717, 1.165) is 6.42 Å². The number of likely N-dealkylation sites (N-methyl/N-ethyl adjacent to an activating group) is 2. The lowest BCUT2D eigenvalue weighted by atomic mass is 9.93. The highest BCUT2D eigenvalue weighted by atomic mass is 16.4. The number of carbonyl (C=O) groups excluding carboxylic acids is 1. The fourth-order valence-electron chi connectivity index (χ4n) is 2.48. The fourth-order valence-corrected chi connectivity index (χ4v) is 2.48. The van der Waals surface area contributed by atoms with Crippen LogP contribution in [0.5, 0.6) is 0 Å². The molecule has 0 saturated carbocycles. The second-order valence-electron chi connectivity index (χ2n) is 4.75. The summed E-state index contributed by atoms with van der Waals surface area (Å²) in [5, 5.41) is 12.4. The first-order chi connectivity index (χ1) is 8.49. The Morgan fingerprint density at radius 3 is 2.67 bits per heavy atom. The van der Waals surface area contributed by atoms with Gasteiger partial charge >= 0.3 is 12.0 Å². The maximum Gasteiger partial charge on any atom is 0.329 e. The summed E-state index contributed by atoms with van der Waals surface area (Å²) in [7, 11) is 3.53. The molecule has 1 fully saturated rings. The Morgan fingerprint density at radius 2 is 2.17 bits per heavy atom. The van der Waals surface area contributed by atoms with Gasteiger partial charge in [0.05, 0.1) is 0 Å². The van der Waals surface area contributed by atoms with Gasteiger partial charge < -0.3 is 20.2 Å². The van der Waals surface area contributed by atoms with Gasteiger partial charge in [-0.2, -0.15) is 0 Å². The summed E-state index contributed by atoms with van der Waals surface area (Å²) in [6.45, 7) is 3.63. The summed E-state index contributed by atoms with van der Waals surface area (Å²) < 4.78 is 0. The summed E-state index contributed by atoms with van der Waals surface area (Å²) in [4.78, 5) is 26.9. The lowest BCUT2D eigenvalue weighted by molar-refractivity contribution is -0.148. The van der Waals surface area contributed by atoms with Gasteiger partial charge in [0.15, 0.2) is 0 Å². The van der Waals surface area contributed by atoms with Gasteiger partial charge in [-0.05, 0) is 26.3 Å². The highest BCUT2D eigenvalue weighted by Gasteiger charge is 2.49. The number of nitrogens with one attached hydrogen (secondary N) is 1. The van der Waals surface area contributed by atoms with Gasteiger partial charge in [0.2, 0.25) is 0 Å². The van der Waals surface area contributed by atoms with E-state index >= 15 is 0 Å². The van der Waals surface area contributed by atoms with E-state index in [1.54, 1.807) is 11.9 Å². The molecule has 1 unspecified atom stereocenters. The molecule has 18 heavy (non-hydrogen) atoms. The van der Waals surface area contributed by atoms with Crippen molar-refractivity contribution in [1.82, 2.24) is 15.1 Å². The molecule has 0 radical (unpaired) electrons. The van der Waals surface area contributed by atoms with Crippen LogP contribution in [0.4, 0.5) is 4.79 Å². The SMILES string of the molecule is CCC1(C(=O)O)CCCN1C(=O)N(C)CCNC. The maximum atomic E-state index is 12.3. The largest absolute Gasteiger partial charge is 0.479 e. The highest BCUT2D eigenvalue weighted by Crippen LogP contribution is 2.33. The number of carbonyl (C=O) groups is 2. The molecular weight excluding hydrogens is 234 g/mol. The zero-order chi connectivity index (χ0) is 13.8. The zero-order valence-corrected chi connectivity index (χ0v) is 11.4. The Hall–Kier alpha value is -1.30. The predicted molar refractivity (Wildman–Crippen MR) is 68.6 cm³/mol. The van der Waals surface area contributed by atoms with Crippen molar-refractivity contribution in [2.45, 2.75) is 31.7 Å². The lowest BCUT2D eigenvalue weighted by Crippen LogP contribution is -2.56. The first-order valence-electron chi connectivity index (χ1n) is 6.40. The van der Waals surface area contributed by atoms with Gasteiger partial charge in [0.25, 0.3) is 0 Å². The van der Waals surface area contributed by atoms with Crippen LogP contribution in [0.15, 0.2) is 0 Å². The zero-order valence-electron chi connectivity index (χ0n) is 11.4. The number of urea groups is 1. The summed E-state index contributed by atoms with van der Waals surface area (Å²) in [6.07, 6.45) is 1.75. The topological polar surface area (TPSA) is 72.9 Å². The molecule has 0 aromatic carbocycles. The van der Waals surface area contributed by atoms with Gasteiger partial charge in [0, 0.05) is 26.7 Å². The van der Waals surface area contributed by atoms with Crippen LogP contribution >= 0.6 is 0 Å². The van der Waals surface area contributed by atoms with E-state index in [0.29, 0.717) is 32.5 Å². The van der Waals surface area contributed by atoms with E-state index in [2.05, 4.69) is 5.32 Å². The first-order valence-corrected chi connectivity index (χ1v) is 6.40. The van der Waals surface area contributed by atoms with Crippen molar-refractivity contribution in [3.63, 3.8) is 0 Å². The first kappa shape index (κ1) is 14.8. The van der Waals surface area contributed by atoms with Crippen LogP contribution in [0.3, 0.4) is 0 Å². The molecule has 104 valence electrons. The van der Waals surface area contributed by atoms with Crippen molar-refractivity contribution in [2.24, 2.45) is 0 Å². The van der Waals surface area contributed by atoms with Crippen molar-refractivity contribution >= 4 is 12.0 Å². The number of carboxylic acid groups (broad SMARTS) is 1. The molecule has 0 bridgehead atoms. The molecule has 6 heteroatoms. The van der Waals surface area contributed by atoms with Gasteiger partial charge in [-0.3, -0.25) is 0 Å². The standard InChI is InChI=1S/C12H23N3O3/c1-4-12(10(16)17)6-5-8-15(12)11(18)14(3)9-7-13-2/h13H,4-9H2,1-3H3,(H,16,17). The van der Waals surface area contributed by atoms with Crippen molar-refractivity contribution in [2.75, 3.05) is 33.7 Å². The summed E-state index contributed by atoms with van der Waals surface area (Å²) in [5.41, 5.74) is -1.01. The average molecular weight is 257 g/mol. The van der Waals surface area contributed by atoms with E-state index < -0.39 is 11.5 Å². The Labute approximate surface area is 108 Å². The summed E-state index contributed by atoms with van der Waals surface area (Å²) in [6, 6.07) is -0.188. The van der Waals surface area contributed by atoms with Crippen LogP contribution in [-0.4, -0.2) is 66.2 Å². The van der Waals surface area contributed by atoms with Gasteiger partial charge in [-0.15, -0.1) is 0 Å². The van der Waals surface area contributed by atoms with Gasteiger partial charge in [-0.1, -0.05) is 6.92 Å². The summed E-state index contributed by atoms with van der Waals surface area (Å²) in [5.74, 6) is -0.891. The molecule has 1 heterocycles. The number of likely N-dealkylation sites (tertiary alicyclic amines) is 1. The molecule has 1 atom stereocenters. The third-order valence-corrected chi connectivity index (χ3v) is 3.73. The number of aliphatic carboxylic acids is 1. The number of nitrogens with zero attached hydrogens (tertiary/aromatic N) is 2. The van der Waals surface area contributed by atoms with E-state index in [9.17, 15) is 14.7 Å². The monoisotopic (exact) mass is 257 g/mol. The Morgan fingerprint density at radius 1 is 1.50 bits per heavy atom. The second-order valence-corrected chi connectivity index (χ2v) is 4.75. The van der Waals surface area contributed by atoms with Crippen LogP contribution < -0.4 is 5.32 Å². The Bertz CT molecular complexity index is 322. The molecule has 0 aliphatic carbocycles. The van der Waals surface area contributed by atoms with Crippen LogP contribution in [0.1, 0.15) is 26.2 Å². The average Bonchev–Trinajstić information content (AvgIpc) is 2.79. The van der Waals surface area contributed by atoms with Crippen molar-refractivity contribution in [1.29, 1.82) is 0 Å². The summed E-state index contributed by atoms with van der Waals surface area (Å²) >= 11 is 0. The van der Waals surface area contributed by atoms with E-state index in [4.69, 9.17) is 0 Å². The Kier molecular flexibility index (Phi) is 4.95. The van der Waals surface area contributed by atoms with Crippen molar-refractivity contribution in [3.05, 3.63) is 0 Å². The molecule has 1 saturated heterocycles. The van der Waals surface area contributed by atoms with Crippen LogP contribution in [-0.2, 0) is 4.79 Å². The third-order valence-electron chi connectivity index (χ3n) is 3.73. The second kappa shape index (κ2) is 6.04. The third kappa shape index (κ3) is 2.58. The molecule has 6 nitrogen and oxygen atoms in total. The van der Waals surface area contributed by atoms with Crippen LogP contribution in [0, 0.1) is 0 Å². The molecular formula is C12H23N3O3. The van der Waals surface area contributed by atoms with Crippen molar-refractivity contribution < 1.29 is 14.7 Å². The molecule has 0 spiro atoms. The fraction of sp³-hybridized carbons (Fsp3) is 0.833. The van der Waals surface area contributed by atoms with Gasteiger partial charge in [0.1, 0.15) is 5.54 Å². The minimum Gasteiger partial charge on any atom is -0.479 e. The van der Waals surface area contributed by atoms with Crippen LogP contribution in [0.25, 0.3) is 0 Å². The molecule has 2 amide bonds. The van der Waals surface area contributed by atoms with Crippen LogP contribution in [0.2, 0.25) is 0 Å². The number of amides is 2. The maximum absolute atomic E-state index is 12.3. The quantitative estimate of drug-likeness (QED) is 0.756. The molecule has 0 aromatic rings. The lowest BCUT2D eigenvalue weighted by Gasteiger charge is -2.36. The minimum absolute atomic E-state index is 0.188. The van der Waals surface area contributed by atoms with E-state index in [1.807, 2.05) is 14.0 Å². The molecule has 1 aliphatic rings.